The summed E-state index contributed by atoms with van der Waals surface area (Å²) in [4.78, 5) is 10.7. The van der Waals surface area contributed by atoms with Crippen LogP contribution in [-0.2, 0) is 11.2 Å². The van der Waals surface area contributed by atoms with Crippen LogP contribution in [-0.4, -0.2) is 19.1 Å². The first kappa shape index (κ1) is 10.5. The molecule has 0 heterocycles. The van der Waals surface area contributed by atoms with Gasteiger partial charge in [-0.15, -0.1) is 0 Å². The molecule has 1 amide bonds. The molecule has 0 aliphatic rings. The van der Waals surface area contributed by atoms with E-state index in [2.05, 4.69) is 0 Å². The highest BCUT2D eigenvalue weighted by Gasteiger charge is 2.09. The zero-order valence-electron chi connectivity index (χ0n) is 8.07. The maximum atomic E-state index is 10.7. The first-order valence-electron chi connectivity index (χ1n) is 4.31. The molecule has 1 aromatic rings. The molecule has 14 heavy (non-hydrogen) atoms. The Kier molecular flexibility index (Phi) is 3.48. The number of carbonyl (C=O) groups is 1. The minimum absolute atomic E-state index is 0.458. The molecule has 0 saturated carbocycles. The van der Waals surface area contributed by atoms with Gasteiger partial charge in [-0.25, -0.2) is 0 Å². The first-order valence-corrected chi connectivity index (χ1v) is 4.31. The van der Waals surface area contributed by atoms with Gasteiger partial charge in [-0.2, -0.15) is 0 Å². The Hall–Kier alpha value is -1.55. The molecule has 0 aliphatic carbocycles. The molecule has 0 aromatic heterocycles. The summed E-state index contributed by atoms with van der Waals surface area (Å²) < 4.78 is 5.00. The fraction of sp³-hybridized carbons (Fsp3) is 0.300. The standard InChI is InChI=1S/C10H14N2O2/c1-14-8-4-2-7(3-5-8)6-9(11)10(12)13/h2-5,9H,6,11H2,1H3,(H2,12,13). The number of carbonyl (C=O) groups excluding carboxylic acids is 1. The topological polar surface area (TPSA) is 78.3 Å². The molecule has 76 valence electrons. The number of nitrogens with two attached hydrogens (primary N) is 2. The average Bonchev–Trinajstić information content (AvgIpc) is 2.19. The van der Waals surface area contributed by atoms with Gasteiger partial charge < -0.3 is 16.2 Å². The van der Waals surface area contributed by atoms with E-state index in [1.54, 1.807) is 7.11 Å². The third-order valence-electron chi connectivity index (χ3n) is 1.98. The van der Waals surface area contributed by atoms with Crippen LogP contribution in [0.25, 0.3) is 0 Å². The van der Waals surface area contributed by atoms with Crippen molar-refractivity contribution in [2.24, 2.45) is 11.5 Å². The van der Waals surface area contributed by atoms with E-state index < -0.39 is 11.9 Å². The second-order valence-electron chi connectivity index (χ2n) is 3.06. The smallest absolute Gasteiger partial charge is 0.234 e. The van der Waals surface area contributed by atoms with E-state index in [9.17, 15) is 4.79 Å². The van der Waals surface area contributed by atoms with E-state index in [1.807, 2.05) is 24.3 Å². The third-order valence-corrected chi connectivity index (χ3v) is 1.98. The van der Waals surface area contributed by atoms with Crippen molar-refractivity contribution in [1.82, 2.24) is 0 Å². The Bertz CT molecular complexity index is 308. The first-order chi connectivity index (χ1) is 6.63. The van der Waals surface area contributed by atoms with Crippen LogP contribution in [0, 0.1) is 0 Å². The molecule has 4 nitrogen and oxygen atoms in total. The predicted molar refractivity (Wildman–Crippen MR) is 53.9 cm³/mol. The number of benzene rings is 1. The highest BCUT2D eigenvalue weighted by molar-refractivity contribution is 5.79. The Morgan fingerprint density at radius 1 is 1.43 bits per heavy atom. The summed E-state index contributed by atoms with van der Waals surface area (Å²) >= 11 is 0. The van der Waals surface area contributed by atoms with Crippen LogP contribution in [0.4, 0.5) is 0 Å². The lowest BCUT2D eigenvalue weighted by Gasteiger charge is -2.07. The number of methoxy groups -OCH3 is 1. The van der Waals surface area contributed by atoms with Crippen LogP contribution in [0.5, 0.6) is 5.75 Å². The minimum atomic E-state index is -0.622. The van der Waals surface area contributed by atoms with E-state index in [1.165, 1.54) is 0 Å². The van der Waals surface area contributed by atoms with Crippen LogP contribution in [0.2, 0.25) is 0 Å². The molecule has 1 rings (SSSR count). The Morgan fingerprint density at radius 3 is 2.43 bits per heavy atom. The fourth-order valence-corrected chi connectivity index (χ4v) is 1.12. The van der Waals surface area contributed by atoms with Crippen LogP contribution in [0.1, 0.15) is 5.56 Å². The normalized spacial score (nSPS) is 12.1. The largest absolute Gasteiger partial charge is 0.497 e. The molecule has 0 radical (unpaired) electrons. The van der Waals surface area contributed by atoms with E-state index in [-0.39, 0.29) is 0 Å². The zero-order valence-corrected chi connectivity index (χ0v) is 8.07. The lowest BCUT2D eigenvalue weighted by atomic mass is 10.1. The molecule has 4 heteroatoms. The SMILES string of the molecule is COc1ccc(CC(N)C(N)=O)cc1. The number of hydrogen-bond donors (Lipinski definition) is 2. The summed E-state index contributed by atoms with van der Waals surface area (Å²) in [6.07, 6.45) is 0.458. The quantitative estimate of drug-likeness (QED) is 0.710. The monoisotopic (exact) mass is 194 g/mol. The second-order valence-corrected chi connectivity index (χ2v) is 3.06. The molecule has 1 unspecified atom stereocenters. The maximum Gasteiger partial charge on any atom is 0.234 e. The van der Waals surface area contributed by atoms with Crippen molar-refractivity contribution in [3.63, 3.8) is 0 Å². The number of ether oxygens (including phenoxy) is 1. The van der Waals surface area contributed by atoms with Crippen molar-refractivity contribution in [1.29, 1.82) is 0 Å². The Morgan fingerprint density at radius 2 is 2.00 bits per heavy atom. The van der Waals surface area contributed by atoms with Gasteiger partial charge >= 0.3 is 0 Å². The number of amides is 1. The van der Waals surface area contributed by atoms with Crippen LogP contribution >= 0.6 is 0 Å². The Balaban J connectivity index is 2.64. The van der Waals surface area contributed by atoms with Crippen molar-refractivity contribution < 1.29 is 9.53 Å². The van der Waals surface area contributed by atoms with Crippen molar-refractivity contribution >= 4 is 5.91 Å². The van der Waals surface area contributed by atoms with Crippen molar-refractivity contribution in [2.45, 2.75) is 12.5 Å². The molecule has 0 aliphatic heterocycles. The summed E-state index contributed by atoms with van der Waals surface area (Å²) in [5.74, 6) is 0.294. The van der Waals surface area contributed by atoms with Gasteiger partial charge in [-0.05, 0) is 24.1 Å². The summed E-state index contributed by atoms with van der Waals surface area (Å²) in [7, 11) is 1.60. The van der Waals surface area contributed by atoms with Gasteiger partial charge in [-0.1, -0.05) is 12.1 Å². The average molecular weight is 194 g/mol. The van der Waals surface area contributed by atoms with Crippen molar-refractivity contribution in [2.75, 3.05) is 7.11 Å². The van der Waals surface area contributed by atoms with Gasteiger partial charge in [-0.3, -0.25) is 4.79 Å². The molecule has 0 bridgehead atoms. The second kappa shape index (κ2) is 4.62. The molecule has 1 atom stereocenters. The van der Waals surface area contributed by atoms with Crippen LogP contribution in [0.3, 0.4) is 0 Å². The van der Waals surface area contributed by atoms with Gasteiger partial charge in [0, 0.05) is 0 Å². The molecule has 1 aromatic carbocycles. The van der Waals surface area contributed by atoms with Crippen LogP contribution < -0.4 is 16.2 Å². The molecule has 0 saturated heterocycles. The van der Waals surface area contributed by atoms with Gasteiger partial charge in [0.05, 0.1) is 13.2 Å². The molecular weight excluding hydrogens is 180 g/mol. The Labute approximate surface area is 82.8 Å². The lowest BCUT2D eigenvalue weighted by Crippen LogP contribution is -2.38. The third kappa shape index (κ3) is 2.74. The number of rotatable bonds is 4. The van der Waals surface area contributed by atoms with Gasteiger partial charge in [0.15, 0.2) is 0 Å². The zero-order chi connectivity index (χ0) is 10.6. The van der Waals surface area contributed by atoms with Gasteiger partial charge in [0.2, 0.25) is 5.91 Å². The number of primary amides is 1. The molecular formula is C10H14N2O2. The fourth-order valence-electron chi connectivity index (χ4n) is 1.12. The predicted octanol–water partition coefficient (Wildman–Crippen LogP) is 0.0503. The van der Waals surface area contributed by atoms with E-state index >= 15 is 0 Å². The summed E-state index contributed by atoms with van der Waals surface area (Å²) in [6, 6.07) is 6.75. The molecule has 0 spiro atoms. The van der Waals surface area contributed by atoms with Crippen molar-refractivity contribution in [3.8, 4) is 5.75 Å². The van der Waals surface area contributed by atoms with E-state index in [0.29, 0.717) is 6.42 Å². The summed E-state index contributed by atoms with van der Waals surface area (Å²) in [6.45, 7) is 0. The van der Waals surface area contributed by atoms with Crippen molar-refractivity contribution in [3.05, 3.63) is 29.8 Å². The van der Waals surface area contributed by atoms with Gasteiger partial charge in [0.1, 0.15) is 5.75 Å². The van der Waals surface area contributed by atoms with E-state index in [0.717, 1.165) is 11.3 Å². The highest BCUT2D eigenvalue weighted by Crippen LogP contribution is 2.12. The number of hydrogen-bond acceptors (Lipinski definition) is 3. The van der Waals surface area contributed by atoms with E-state index in [4.69, 9.17) is 16.2 Å². The summed E-state index contributed by atoms with van der Waals surface area (Å²) in [5.41, 5.74) is 11.5. The molecule has 0 fully saturated rings. The minimum Gasteiger partial charge on any atom is -0.497 e. The summed E-state index contributed by atoms with van der Waals surface area (Å²) in [5, 5.41) is 0. The van der Waals surface area contributed by atoms with Gasteiger partial charge in [0.25, 0.3) is 0 Å². The lowest BCUT2D eigenvalue weighted by molar-refractivity contribution is -0.119. The highest BCUT2D eigenvalue weighted by atomic mass is 16.5. The molecule has 4 N–H and O–H groups in total. The maximum absolute atomic E-state index is 10.7. The van der Waals surface area contributed by atoms with Crippen LogP contribution in [0.15, 0.2) is 24.3 Å².